The molecule has 0 aromatic heterocycles. The molecule has 5 heteroatoms. The minimum Gasteiger partial charge on any atom is -0.462 e. The first-order valence-electron chi connectivity index (χ1n) is 27.5. The molecule has 1 atom stereocenters. The van der Waals surface area contributed by atoms with Gasteiger partial charge in [-0.05, 0) is 89.9 Å². The van der Waals surface area contributed by atoms with Gasteiger partial charge in [0, 0.05) is 19.4 Å². The van der Waals surface area contributed by atoms with Crippen LogP contribution in [0.2, 0.25) is 0 Å². The molecule has 0 aromatic carbocycles. The van der Waals surface area contributed by atoms with Crippen molar-refractivity contribution in [2.75, 3.05) is 19.8 Å². The first-order chi connectivity index (χ1) is 31.6. The summed E-state index contributed by atoms with van der Waals surface area (Å²) in [6.07, 6.45) is 70.6. The van der Waals surface area contributed by atoms with Gasteiger partial charge in [0.1, 0.15) is 6.61 Å². The average Bonchev–Trinajstić information content (AvgIpc) is 3.30. The van der Waals surface area contributed by atoms with E-state index in [0.29, 0.717) is 19.4 Å². The molecule has 0 aromatic rings. The third-order valence-corrected chi connectivity index (χ3v) is 11.7. The van der Waals surface area contributed by atoms with Gasteiger partial charge in [-0.1, -0.05) is 235 Å². The highest BCUT2D eigenvalue weighted by Crippen LogP contribution is 2.15. The number of carbonyl (C=O) groups excluding carboxylic acids is 2. The Hall–Kier alpha value is -2.66. The summed E-state index contributed by atoms with van der Waals surface area (Å²) in [6, 6.07) is 0. The van der Waals surface area contributed by atoms with Gasteiger partial charge in [0.15, 0.2) is 6.10 Å². The van der Waals surface area contributed by atoms with Crippen LogP contribution in [0.4, 0.5) is 0 Å². The van der Waals surface area contributed by atoms with Gasteiger partial charge in [0.05, 0.1) is 6.61 Å². The van der Waals surface area contributed by atoms with Crippen molar-refractivity contribution in [2.45, 2.75) is 271 Å². The van der Waals surface area contributed by atoms with Crippen molar-refractivity contribution in [3.8, 4) is 0 Å². The van der Waals surface area contributed by atoms with Gasteiger partial charge in [-0.3, -0.25) is 9.59 Å². The van der Waals surface area contributed by atoms with E-state index in [2.05, 4.69) is 93.7 Å². The largest absolute Gasteiger partial charge is 0.462 e. The average molecular weight is 893 g/mol. The number of hydrogen-bond donors (Lipinski definition) is 0. The van der Waals surface area contributed by atoms with Gasteiger partial charge in [-0.2, -0.15) is 0 Å². The summed E-state index contributed by atoms with van der Waals surface area (Å²) < 4.78 is 17.4. The Balaban J connectivity index is 4.25. The molecule has 64 heavy (non-hydrogen) atoms. The standard InChI is InChI=1S/C59H104O5/c1-4-7-10-13-16-19-22-24-26-28-29-30-32-34-36-39-42-45-48-51-54-62-55-57(64-59(61)53-50-47-44-41-37-21-18-15-12-9-6-3)56-63-58(60)52-49-46-43-40-38-35-33-31-27-25-23-20-17-14-11-8-5-2/h8,11,16-17,19-20,24-27,29-30,57H,4-7,9-10,12-15,18,21-23,28,31-56H2,1-3H3/b11-8-,19-16-,20-17-,26-24-,27-25-,30-29-. The molecule has 0 saturated carbocycles. The lowest BCUT2D eigenvalue weighted by Crippen LogP contribution is -2.30. The molecule has 0 N–H and O–H groups in total. The number of unbranched alkanes of at least 4 members (excludes halogenated alkanes) is 27. The van der Waals surface area contributed by atoms with Crippen LogP contribution in [0, 0.1) is 0 Å². The molecule has 0 amide bonds. The second-order valence-corrected chi connectivity index (χ2v) is 18.1. The van der Waals surface area contributed by atoms with Gasteiger partial charge in [-0.15, -0.1) is 0 Å². The van der Waals surface area contributed by atoms with Crippen LogP contribution in [0.1, 0.15) is 265 Å². The van der Waals surface area contributed by atoms with Crippen molar-refractivity contribution in [1.29, 1.82) is 0 Å². The van der Waals surface area contributed by atoms with Gasteiger partial charge in [0.2, 0.25) is 0 Å². The van der Waals surface area contributed by atoms with Crippen LogP contribution in [0.15, 0.2) is 72.9 Å². The molecule has 0 spiro atoms. The Labute approximate surface area is 397 Å². The van der Waals surface area contributed by atoms with E-state index in [-0.39, 0.29) is 25.2 Å². The second kappa shape index (κ2) is 54.7. The highest BCUT2D eigenvalue weighted by Gasteiger charge is 2.17. The Morgan fingerprint density at radius 3 is 1.16 bits per heavy atom. The molecule has 0 saturated heterocycles. The highest BCUT2D eigenvalue weighted by molar-refractivity contribution is 5.70. The predicted octanol–water partition coefficient (Wildman–Crippen LogP) is 18.7. The van der Waals surface area contributed by atoms with E-state index in [0.717, 1.165) is 83.5 Å². The quantitative estimate of drug-likeness (QED) is 0.0346. The Morgan fingerprint density at radius 1 is 0.359 bits per heavy atom. The van der Waals surface area contributed by atoms with Crippen LogP contribution in [-0.2, 0) is 23.8 Å². The molecule has 0 aliphatic rings. The molecule has 0 radical (unpaired) electrons. The monoisotopic (exact) mass is 893 g/mol. The van der Waals surface area contributed by atoms with E-state index in [9.17, 15) is 9.59 Å². The first kappa shape index (κ1) is 61.3. The van der Waals surface area contributed by atoms with Gasteiger partial charge >= 0.3 is 11.9 Å². The number of carbonyl (C=O) groups is 2. The van der Waals surface area contributed by atoms with Gasteiger partial charge < -0.3 is 14.2 Å². The maximum absolute atomic E-state index is 12.8. The van der Waals surface area contributed by atoms with Crippen LogP contribution in [0.25, 0.3) is 0 Å². The molecule has 0 rings (SSSR count). The van der Waals surface area contributed by atoms with Crippen molar-refractivity contribution < 1.29 is 23.8 Å². The van der Waals surface area contributed by atoms with Crippen LogP contribution < -0.4 is 0 Å². The van der Waals surface area contributed by atoms with Crippen molar-refractivity contribution in [2.24, 2.45) is 0 Å². The molecular weight excluding hydrogens is 789 g/mol. The molecule has 1 unspecified atom stereocenters. The third kappa shape index (κ3) is 52.0. The fourth-order valence-corrected chi connectivity index (χ4v) is 7.65. The maximum atomic E-state index is 12.8. The highest BCUT2D eigenvalue weighted by atomic mass is 16.6. The minimum absolute atomic E-state index is 0.0760. The summed E-state index contributed by atoms with van der Waals surface area (Å²) in [6.45, 7) is 7.68. The number of ether oxygens (including phenoxy) is 3. The van der Waals surface area contributed by atoms with Crippen LogP contribution in [0.5, 0.6) is 0 Å². The zero-order valence-electron chi connectivity index (χ0n) is 42.5. The predicted molar refractivity (Wildman–Crippen MR) is 279 cm³/mol. The van der Waals surface area contributed by atoms with Crippen LogP contribution in [-0.4, -0.2) is 37.9 Å². The summed E-state index contributed by atoms with van der Waals surface area (Å²) >= 11 is 0. The lowest BCUT2D eigenvalue weighted by molar-refractivity contribution is -0.163. The summed E-state index contributed by atoms with van der Waals surface area (Å²) in [5.41, 5.74) is 0. The van der Waals surface area contributed by atoms with Gasteiger partial charge in [0.25, 0.3) is 0 Å². The molecule has 0 aliphatic heterocycles. The molecule has 0 heterocycles. The van der Waals surface area contributed by atoms with E-state index in [1.54, 1.807) is 0 Å². The topological polar surface area (TPSA) is 61.8 Å². The SMILES string of the molecule is CC/C=C\C/C=C\C/C=C\CCCCCCCCCC(=O)OCC(COCCCCCCCCC/C=C\C/C=C\C/C=C\CCCCC)OC(=O)CCCCCCCCCCCCC. The third-order valence-electron chi connectivity index (χ3n) is 11.7. The van der Waals surface area contributed by atoms with Crippen LogP contribution in [0.3, 0.4) is 0 Å². The number of rotatable bonds is 50. The summed E-state index contributed by atoms with van der Waals surface area (Å²) in [5.74, 6) is -0.408. The molecule has 370 valence electrons. The molecule has 0 bridgehead atoms. The van der Waals surface area contributed by atoms with Crippen molar-refractivity contribution in [3.05, 3.63) is 72.9 Å². The summed E-state index contributed by atoms with van der Waals surface area (Å²) in [5, 5.41) is 0. The second-order valence-electron chi connectivity index (χ2n) is 18.1. The van der Waals surface area contributed by atoms with Crippen molar-refractivity contribution in [1.82, 2.24) is 0 Å². The Kier molecular flexibility index (Phi) is 52.4. The van der Waals surface area contributed by atoms with E-state index in [1.807, 2.05) is 0 Å². The minimum atomic E-state index is -0.546. The number of hydrogen-bond acceptors (Lipinski definition) is 5. The zero-order chi connectivity index (χ0) is 46.3. The molecule has 5 nitrogen and oxygen atoms in total. The normalized spacial score (nSPS) is 12.7. The Bertz CT molecular complexity index is 1150. The van der Waals surface area contributed by atoms with E-state index in [4.69, 9.17) is 14.2 Å². The fourth-order valence-electron chi connectivity index (χ4n) is 7.65. The first-order valence-corrected chi connectivity index (χ1v) is 27.5. The lowest BCUT2D eigenvalue weighted by Gasteiger charge is -2.18. The van der Waals surface area contributed by atoms with E-state index < -0.39 is 6.10 Å². The van der Waals surface area contributed by atoms with Crippen LogP contribution >= 0.6 is 0 Å². The Morgan fingerprint density at radius 2 is 0.703 bits per heavy atom. The van der Waals surface area contributed by atoms with Crippen molar-refractivity contribution in [3.63, 3.8) is 0 Å². The van der Waals surface area contributed by atoms with E-state index >= 15 is 0 Å². The smallest absolute Gasteiger partial charge is 0.306 e. The molecule has 0 aliphatic carbocycles. The number of esters is 2. The fraction of sp³-hybridized carbons (Fsp3) is 0.763. The number of allylic oxidation sites excluding steroid dienone is 12. The van der Waals surface area contributed by atoms with Crippen molar-refractivity contribution >= 4 is 11.9 Å². The van der Waals surface area contributed by atoms with Gasteiger partial charge in [-0.25, -0.2) is 0 Å². The molecule has 0 fully saturated rings. The summed E-state index contributed by atoms with van der Waals surface area (Å²) in [7, 11) is 0. The van der Waals surface area contributed by atoms with E-state index in [1.165, 1.54) is 148 Å². The molecular formula is C59H104O5. The summed E-state index contributed by atoms with van der Waals surface area (Å²) in [4.78, 5) is 25.4. The zero-order valence-corrected chi connectivity index (χ0v) is 42.5. The lowest BCUT2D eigenvalue weighted by atomic mass is 10.1. The maximum Gasteiger partial charge on any atom is 0.306 e.